The SMILES string of the molecule is Cc1ccc(CN2C(=O)NC(c3ccccc3)C2=O)c(C)c1. The van der Waals surface area contributed by atoms with Crippen LogP contribution in [0.15, 0.2) is 48.5 Å². The monoisotopic (exact) mass is 294 g/mol. The molecule has 4 heteroatoms. The van der Waals surface area contributed by atoms with Crippen molar-refractivity contribution < 1.29 is 9.59 Å². The zero-order valence-corrected chi connectivity index (χ0v) is 12.7. The third-order valence-electron chi connectivity index (χ3n) is 3.99. The van der Waals surface area contributed by atoms with E-state index >= 15 is 0 Å². The molecule has 0 aliphatic carbocycles. The molecule has 112 valence electrons. The van der Waals surface area contributed by atoms with E-state index in [0.717, 1.165) is 16.7 Å². The average molecular weight is 294 g/mol. The van der Waals surface area contributed by atoms with E-state index in [2.05, 4.69) is 11.4 Å². The highest BCUT2D eigenvalue weighted by Crippen LogP contribution is 2.24. The number of carbonyl (C=O) groups is 2. The number of nitrogens with zero attached hydrogens (tertiary/aromatic N) is 1. The number of benzene rings is 2. The van der Waals surface area contributed by atoms with Gasteiger partial charge >= 0.3 is 6.03 Å². The van der Waals surface area contributed by atoms with Crippen LogP contribution in [0.5, 0.6) is 0 Å². The topological polar surface area (TPSA) is 49.4 Å². The van der Waals surface area contributed by atoms with E-state index in [1.165, 1.54) is 10.5 Å². The Morgan fingerprint density at radius 1 is 1.05 bits per heavy atom. The molecule has 1 aliphatic rings. The fourth-order valence-electron chi connectivity index (χ4n) is 2.73. The Balaban J connectivity index is 1.83. The molecule has 0 saturated carbocycles. The fourth-order valence-corrected chi connectivity index (χ4v) is 2.73. The van der Waals surface area contributed by atoms with Crippen LogP contribution in [0.3, 0.4) is 0 Å². The van der Waals surface area contributed by atoms with Crippen molar-refractivity contribution in [2.75, 3.05) is 0 Å². The molecule has 1 saturated heterocycles. The van der Waals surface area contributed by atoms with Gasteiger partial charge in [-0.1, -0.05) is 54.1 Å². The Morgan fingerprint density at radius 2 is 1.77 bits per heavy atom. The first-order chi connectivity index (χ1) is 10.6. The lowest BCUT2D eigenvalue weighted by Gasteiger charge is -2.15. The molecule has 1 atom stereocenters. The van der Waals surface area contributed by atoms with E-state index in [1.807, 2.05) is 56.3 Å². The number of carbonyl (C=O) groups excluding carboxylic acids is 2. The second-order valence-electron chi connectivity index (χ2n) is 5.65. The number of urea groups is 1. The van der Waals surface area contributed by atoms with Gasteiger partial charge in [0, 0.05) is 0 Å². The fraction of sp³-hybridized carbons (Fsp3) is 0.222. The summed E-state index contributed by atoms with van der Waals surface area (Å²) < 4.78 is 0. The van der Waals surface area contributed by atoms with Gasteiger partial charge in [-0.2, -0.15) is 0 Å². The van der Waals surface area contributed by atoms with Crippen LogP contribution in [0.2, 0.25) is 0 Å². The smallest absolute Gasteiger partial charge is 0.322 e. The lowest BCUT2D eigenvalue weighted by Crippen LogP contribution is -2.30. The van der Waals surface area contributed by atoms with Crippen molar-refractivity contribution in [1.29, 1.82) is 0 Å². The Labute approximate surface area is 129 Å². The molecule has 1 heterocycles. The zero-order chi connectivity index (χ0) is 15.7. The highest BCUT2D eigenvalue weighted by molar-refractivity contribution is 6.04. The van der Waals surface area contributed by atoms with Gasteiger partial charge in [0.1, 0.15) is 6.04 Å². The summed E-state index contributed by atoms with van der Waals surface area (Å²) in [5.41, 5.74) is 4.05. The molecule has 0 radical (unpaired) electrons. The number of amides is 3. The Hall–Kier alpha value is -2.62. The minimum atomic E-state index is -0.584. The molecule has 0 bridgehead atoms. The molecule has 1 aliphatic heterocycles. The van der Waals surface area contributed by atoms with Crippen LogP contribution in [-0.4, -0.2) is 16.8 Å². The van der Waals surface area contributed by atoms with E-state index in [4.69, 9.17) is 0 Å². The predicted molar refractivity (Wildman–Crippen MR) is 84.2 cm³/mol. The summed E-state index contributed by atoms with van der Waals surface area (Å²) in [4.78, 5) is 26.0. The number of imide groups is 1. The summed E-state index contributed by atoms with van der Waals surface area (Å²) in [6.07, 6.45) is 0. The number of hydrogen-bond donors (Lipinski definition) is 1. The van der Waals surface area contributed by atoms with Crippen molar-refractivity contribution in [3.05, 3.63) is 70.8 Å². The first-order valence-corrected chi connectivity index (χ1v) is 7.29. The maximum Gasteiger partial charge on any atom is 0.325 e. The van der Waals surface area contributed by atoms with Crippen LogP contribution >= 0.6 is 0 Å². The highest BCUT2D eigenvalue weighted by Gasteiger charge is 2.38. The molecule has 2 aromatic carbocycles. The standard InChI is InChI=1S/C18H18N2O2/c1-12-8-9-15(13(2)10-12)11-20-17(21)16(19-18(20)22)14-6-4-3-5-7-14/h3-10,16H,11H2,1-2H3,(H,19,22). The maximum atomic E-state index is 12.5. The van der Waals surface area contributed by atoms with E-state index < -0.39 is 6.04 Å². The maximum absolute atomic E-state index is 12.5. The minimum Gasteiger partial charge on any atom is -0.322 e. The average Bonchev–Trinajstić information content (AvgIpc) is 2.79. The van der Waals surface area contributed by atoms with E-state index in [9.17, 15) is 9.59 Å². The van der Waals surface area contributed by atoms with Crippen molar-refractivity contribution in [1.82, 2.24) is 10.2 Å². The summed E-state index contributed by atoms with van der Waals surface area (Å²) >= 11 is 0. The second-order valence-corrected chi connectivity index (χ2v) is 5.65. The summed E-state index contributed by atoms with van der Waals surface area (Å²) in [6, 6.07) is 14.4. The van der Waals surface area contributed by atoms with Gasteiger partial charge in [0.05, 0.1) is 6.54 Å². The van der Waals surface area contributed by atoms with Gasteiger partial charge in [0.15, 0.2) is 0 Å². The molecule has 0 spiro atoms. The Morgan fingerprint density at radius 3 is 2.45 bits per heavy atom. The van der Waals surface area contributed by atoms with Crippen LogP contribution in [0.25, 0.3) is 0 Å². The first-order valence-electron chi connectivity index (χ1n) is 7.29. The molecule has 1 unspecified atom stereocenters. The summed E-state index contributed by atoms with van der Waals surface area (Å²) in [5.74, 6) is -0.198. The van der Waals surface area contributed by atoms with E-state index in [-0.39, 0.29) is 11.9 Å². The van der Waals surface area contributed by atoms with Gasteiger partial charge < -0.3 is 5.32 Å². The first kappa shape index (κ1) is 14.3. The van der Waals surface area contributed by atoms with Crippen molar-refractivity contribution in [2.45, 2.75) is 26.4 Å². The quantitative estimate of drug-likeness (QED) is 0.884. The lowest BCUT2D eigenvalue weighted by atomic mass is 10.0. The minimum absolute atomic E-state index is 0.198. The van der Waals surface area contributed by atoms with Crippen LogP contribution in [0.1, 0.15) is 28.3 Å². The van der Waals surface area contributed by atoms with E-state index in [0.29, 0.717) is 6.54 Å². The Bertz CT molecular complexity index is 725. The van der Waals surface area contributed by atoms with Crippen molar-refractivity contribution >= 4 is 11.9 Å². The highest BCUT2D eigenvalue weighted by atomic mass is 16.2. The number of rotatable bonds is 3. The van der Waals surface area contributed by atoms with Gasteiger partial charge in [0.2, 0.25) is 0 Å². The molecule has 0 aromatic heterocycles. The van der Waals surface area contributed by atoms with Crippen LogP contribution in [-0.2, 0) is 11.3 Å². The van der Waals surface area contributed by atoms with Crippen LogP contribution in [0, 0.1) is 13.8 Å². The summed E-state index contributed by atoms with van der Waals surface area (Å²) in [7, 11) is 0. The normalized spacial score (nSPS) is 17.7. The van der Waals surface area contributed by atoms with Gasteiger partial charge in [-0.25, -0.2) is 4.79 Å². The second kappa shape index (κ2) is 5.64. The molecule has 2 aromatic rings. The van der Waals surface area contributed by atoms with Gasteiger partial charge in [0.25, 0.3) is 5.91 Å². The molecular weight excluding hydrogens is 276 g/mol. The van der Waals surface area contributed by atoms with Crippen molar-refractivity contribution in [3.8, 4) is 0 Å². The van der Waals surface area contributed by atoms with Gasteiger partial charge in [-0.15, -0.1) is 0 Å². The molecule has 3 rings (SSSR count). The molecule has 22 heavy (non-hydrogen) atoms. The number of hydrogen-bond acceptors (Lipinski definition) is 2. The Kier molecular flexibility index (Phi) is 3.67. The summed E-state index contributed by atoms with van der Waals surface area (Å²) in [5, 5.41) is 2.76. The third kappa shape index (κ3) is 2.60. The third-order valence-corrected chi connectivity index (χ3v) is 3.99. The lowest BCUT2D eigenvalue weighted by molar-refractivity contribution is -0.128. The molecular formula is C18H18N2O2. The van der Waals surface area contributed by atoms with E-state index in [1.54, 1.807) is 0 Å². The summed E-state index contributed by atoms with van der Waals surface area (Å²) in [6.45, 7) is 4.32. The number of nitrogens with one attached hydrogen (secondary N) is 1. The predicted octanol–water partition coefficient (Wildman–Crippen LogP) is 3.10. The van der Waals surface area contributed by atoms with Crippen molar-refractivity contribution in [2.24, 2.45) is 0 Å². The largest absolute Gasteiger partial charge is 0.325 e. The molecule has 3 amide bonds. The van der Waals surface area contributed by atoms with Gasteiger partial charge in [-0.3, -0.25) is 9.69 Å². The van der Waals surface area contributed by atoms with Crippen LogP contribution in [0.4, 0.5) is 4.79 Å². The van der Waals surface area contributed by atoms with Crippen molar-refractivity contribution in [3.63, 3.8) is 0 Å². The van der Waals surface area contributed by atoms with Gasteiger partial charge in [-0.05, 0) is 30.5 Å². The molecule has 1 fully saturated rings. The molecule has 1 N–H and O–H groups in total. The van der Waals surface area contributed by atoms with Crippen LogP contribution < -0.4 is 5.32 Å². The zero-order valence-electron chi connectivity index (χ0n) is 12.7. The number of aryl methyl sites for hydroxylation is 2. The molecule has 4 nitrogen and oxygen atoms in total.